The van der Waals surface area contributed by atoms with Gasteiger partial charge in [-0.25, -0.2) is 30.7 Å². The molecule has 0 bridgehead atoms. The highest BCUT2D eigenvalue weighted by atomic mass is 19.3. The van der Waals surface area contributed by atoms with Crippen molar-refractivity contribution in [1.82, 2.24) is 0 Å². The lowest BCUT2D eigenvalue weighted by Crippen LogP contribution is -2.15. The summed E-state index contributed by atoms with van der Waals surface area (Å²) >= 11 is 0. The number of hydrogen-bond donors (Lipinski definition) is 0. The number of benzene rings is 1. The van der Waals surface area contributed by atoms with Crippen LogP contribution in [0.2, 0.25) is 0 Å². The van der Waals surface area contributed by atoms with E-state index in [1.807, 2.05) is 0 Å². The van der Waals surface area contributed by atoms with E-state index in [-0.39, 0.29) is 0 Å². The Kier molecular flexibility index (Phi) is 6.42. The zero-order chi connectivity index (χ0) is 21.4. The van der Waals surface area contributed by atoms with E-state index in [0.717, 1.165) is 7.11 Å². The van der Waals surface area contributed by atoms with E-state index < -0.39 is 83.1 Å². The lowest BCUT2D eigenvalue weighted by Gasteiger charge is -2.12. The maximum atomic E-state index is 14.0. The Morgan fingerprint density at radius 1 is 1.04 bits per heavy atom. The Balaban J connectivity index is 2.17. The van der Waals surface area contributed by atoms with E-state index in [0.29, 0.717) is 6.08 Å². The molecule has 1 aliphatic carbocycles. The Labute approximate surface area is 156 Å². The fourth-order valence-corrected chi connectivity index (χ4v) is 3.04. The Hall–Kier alpha value is -2.10. The third kappa shape index (κ3) is 4.01. The molecular weight excluding hydrogens is 397 g/mol. The van der Waals surface area contributed by atoms with E-state index in [4.69, 9.17) is 4.74 Å². The van der Waals surface area contributed by atoms with Gasteiger partial charge in [0.2, 0.25) is 0 Å². The van der Waals surface area contributed by atoms with Gasteiger partial charge < -0.3 is 9.47 Å². The SMILES string of the molecule is COCc1c(F)c(F)c(COC(=O)C2C(C=C(F)C(F)F)C2(C)C)c(F)c1F. The number of hydrogen-bond acceptors (Lipinski definition) is 3. The van der Waals surface area contributed by atoms with Crippen molar-refractivity contribution in [3.8, 4) is 0 Å². The van der Waals surface area contributed by atoms with Gasteiger partial charge >= 0.3 is 5.97 Å². The number of halogens is 7. The minimum absolute atomic E-state index is 0.594. The zero-order valence-electron chi connectivity index (χ0n) is 15.1. The summed E-state index contributed by atoms with van der Waals surface area (Å²) in [6.07, 6.45) is -2.75. The van der Waals surface area contributed by atoms with E-state index in [1.165, 1.54) is 13.8 Å². The van der Waals surface area contributed by atoms with Crippen LogP contribution in [0.4, 0.5) is 30.7 Å². The second kappa shape index (κ2) is 8.10. The van der Waals surface area contributed by atoms with Crippen molar-refractivity contribution < 1.29 is 45.0 Å². The minimum atomic E-state index is -3.34. The van der Waals surface area contributed by atoms with E-state index >= 15 is 0 Å². The fraction of sp³-hybridized carbons (Fsp3) is 0.500. The first-order valence-corrected chi connectivity index (χ1v) is 8.09. The maximum Gasteiger partial charge on any atom is 0.310 e. The molecule has 0 amide bonds. The highest BCUT2D eigenvalue weighted by Crippen LogP contribution is 2.60. The van der Waals surface area contributed by atoms with Gasteiger partial charge in [0, 0.05) is 7.11 Å². The van der Waals surface area contributed by atoms with Crippen LogP contribution in [0.5, 0.6) is 0 Å². The zero-order valence-corrected chi connectivity index (χ0v) is 15.1. The molecule has 0 heterocycles. The molecule has 0 aliphatic heterocycles. The van der Waals surface area contributed by atoms with Crippen LogP contribution in [-0.2, 0) is 27.5 Å². The smallest absolute Gasteiger partial charge is 0.310 e. The fourth-order valence-electron chi connectivity index (χ4n) is 3.04. The molecule has 1 aromatic rings. The van der Waals surface area contributed by atoms with Gasteiger partial charge in [0.25, 0.3) is 6.43 Å². The highest BCUT2D eigenvalue weighted by molar-refractivity contribution is 5.78. The molecule has 3 nitrogen and oxygen atoms in total. The quantitative estimate of drug-likeness (QED) is 0.365. The molecule has 0 radical (unpaired) electrons. The van der Waals surface area contributed by atoms with Crippen molar-refractivity contribution in [3.05, 3.63) is 46.3 Å². The maximum absolute atomic E-state index is 14.0. The monoisotopic (exact) mass is 414 g/mol. The van der Waals surface area contributed by atoms with Crippen LogP contribution in [0.3, 0.4) is 0 Å². The van der Waals surface area contributed by atoms with Crippen molar-refractivity contribution >= 4 is 5.97 Å². The predicted octanol–water partition coefficient (Wildman–Crippen LogP) is 4.82. The normalized spacial score (nSPS) is 21.2. The largest absolute Gasteiger partial charge is 0.460 e. The van der Waals surface area contributed by atoms with Crippen LogP contribution in [0.1, 0.15) is 25.0 Å². The van der Waals surface area contributed by atoms with E-state index in [1.54, 1.807) is 0 Å². The second-order valence-corrected chi connectivity index (χ2v) is 6.93. The van der Waals surface area contributed by atoms with E-state index in [9.17, 15) is 35.5 Å². The molecule has 0 spiro atoms. The first-order chi connectivity index (χ1) is 12.9. The number of esters is 1. The molecule has 28 heavy (non-hydrogen) atoms. The number of carbonyl (C=O) groups is 1. The van der Waals surface area contributed by atoms with Gasteiger partial charge in [-0.05, 0) is 17.4 Å². The Morgan fingerprint density at radius 3 is 1.93 bits per heavy atom. The van der Waals surface area contributed by atoms with Gasteiger partial charge in [-0.2, -0.15) is 0 Å². The molecule has 2 unspecified atom stereocenters. The molecule has 2 rings (SSSR count). The molecule has 10 heteroatoms. The first-order valence-electron chi connectivity index (χ1n) is 8.09. The van der Waals surface area contributed by atoms with Gasteiger partial charge in [0.05, 0.1) is 23.7 Å². The highest BCUT2D eigenvalue weighted by Gasteiger charge is 2.62. The minimum Gasteiger partial charge on any atom is -0.460 e. The van der Waals surface area contributed by atoms with Crippen molar-refractivity contribution in [3.63, 3.8) is 0 Å². The lowest BCUT2D eigenvalue weighted by molar-refractivity contribution is -0.147. The van der Waals surface area contributed by atoms with E-state index in [2.05, 4.69) is 4.74 Å². The summed E-state index contributed by atoms with van der Waals surface area (Å²) in [4.78, 5) is 12.1. The van der Waals surface area contributed by atoms with Gasteiger partial charge in [-0.3, -0.25) is 4.79 Å². The summed E-state index contributed by atoms with van der Waals surface area (Å²) in [5.74, 6) is -11.6. The number of carbonyl (C=O) groups excluding carboxylic acids is 1. The molecule has 0 N–H and O–H groups in total. The summed E-state index contributed by atoms with van der Waals surface area (Å²) in [6.45, 7) is 1.13. The van der Waals surface area contributed by atoms with Crippen molar-refractivity contribution in [2.45, 2.75) is 33.5 Å². The number of ether oxygens (including phenoxy) is 2. The Bertz CT molecular complexity index is 776. The van der Waals surface area contributed by atoms with Gasteiger partial charge in [-0.1, -0.05) is 13.8 Å². The molecule has 0 aromatic heterocycles. The molecule has 156 valence electrons. The topological polar surface area (TPSA) is 35.5 Å². The molecule has 1 aliphatic rings. The molecule has 0 saturated heterocycles. The second-order valence-electron chi connectivity index (χ2n) is 6.93. The van der Waals surface area contributed by atoms with Crippen LogP contribution in [0, 0.1) is 40.5 Å². The van der Waals surface area contributed by atoms with Gasteiger partial charge in [-0.15, -0.1) is 0 Å². The molecule has 1 saturated carbocycles. The van der Waals surface area contributed by atoms with Crippen LogP contribution in [0.15, 0.2) is 11.9 Å². The number of methoxy groups -OCH3 is 1. The number of allylic oxidation sites excluding steroid dienone is 2. The van der Waals surface area contributed by atoms with Crippen LogP contribution in [-0.4, -0.2) is 19.5 Å². The predicted molar refractivity (Wildman–Crippen MR) is 82.7 cm³/mol. The summed E-state index contributed by atoms with van der Waals surface area (Å²) in [6, 6.07) is 0. The molecular formula is C18H17F7O3. The summed E-state index contributed by atoms with van der Waals surface area (Å²) < 4.78 is 103. The number of rotatable bonds is 7. The third-order valence-electron chi connectivity index (χ3n) is 4.80. The Morgan fingerprint density at radius 2 is 1.50 bits per heavy atom. The average molecular weight is 414 g/mol. The van der Waals surface area contributed by atoms with Crippen molar-refractivity contribution in [2.75, 3.05) is 7.11 Å². The lowest BCUT2D eigenvalue weighted by atomic mass is 10.1. The van der Waals surface area contributed by atoms with Crippen LogP contribution in [0.25, 0.3) is 0 Å². The molecule has 1 fully saturated rings. The number of alkyl halides is 2. The first kappa shape index (κ1) is 22.2. The van der Waals surface area contributed by atoms with Gasteiger partial charge in [0.15, 0.2) is 29.1 Å². The summed E-state index contributed by atoms with van der Waals surface area (Å²) in [7, 11) is 1.07. The summed E-state index contributed by atoms with van der Waals surface area (Å²) in [5.41, 5.74) is -3.03. The van der Waals surface area contributed by atoms with Crippen molar-refractivity contribution in [1.29, 1.82) is 0 Å². The standard InChI is InChI=1S/C18H17F7O3/c1-18(2)9(4-10(19)16(24)25)11(18)17(26)28-6-8-14(22)12(20)7(5-27-3)13(21)15(8)23/h4,9,11,16H,5-6H2,1-3H3. The average Bonchev–Trinajstić information content (AvgIpc) is 3.16. The van der Waals surface area contributed by atoms with Crippen molar-refractivity contribution in [2.24, 2.45) is 17.3 Å². The van der Waals surface area contributed by atoms with Gasteiger partial charge in [0.1, 0.15) is 6.61 Å². The van der Waals surface area contributed by atoms with Crippen LogP contribution < -0.4 is 0 Å². The summed E-state index contributed by atoms with van der Waals surface area (Å²) in [5, 5.41) is 0. The van der Waals surface area contributed by atoms with Crippen LogP contribution >= 0.6 is 0 Å². The molecule has 1 aromatic carbocycles. The third-order valence-corrected chi connectivity index (χ3v) is 4.80. The molecule has 2 atom stereocenters.